The summed E-state index contributed by atoms with van der Waals surface area (Å²) >= 11 is 0. The van der Waals surface area contributed by atoms with E-state index in [-0.39, 0.29) is 29.1 Å². The smallest absolute Gasteiger partial charge is 0.233 e. The highest BCUT2D eigenvalue weighted by molar-refractivity contribution is 6.10. The first-order valence-electron chi connectivity index (χ1n) is 6.45. The summed E-state index contributed by atoms with van der Waals surface area (Å²) in [5.41, 5.74) is 0.719. The third-order valence-electron chi connectivity index (χ3n) is 4.35. The van der Waals surface area contributed by atoms with Crippen LogP contribution < -0.4 is 5.32 Å². The highest BCUT2D eigenvalue weighted by Gasteiger charge is 2.72. The van der Waals surface area contributed by atoms with E-state index in [2.05, 4.69) is 10.3 Å². The summed E-state index contributed by atoms with van der Waals surface area (Å²) in [5, 5.41) is 2.98. The van der Waals surface area contributed by atoms with E-state index in [4.69, 9.17) is 0 Å². The van der Waals surface area contributed by atoms with Gasteiger partial charge in [-0.15, -0.1) is 0 Å². The van der Waals surface area contributed by atoms with Gasteiger partial charge >= 0.3 is 0 Å². The van der Waals surface area contributed by atoms with Crippen LogP contribution >= 0.6 is 0 Å². The van der Waals surface area contributed by atoms with Crippen molar-refractivity contribution in [2.45, 2.75) is 20.4 Å². The van der Waals surface area contributed by atoms with Crippen molar-refractivity contribution in [2.24, 2.45) is 17.3 Å². The van der Waals surface area contributed by atoms with E-state index in [9.17, 15) is 9.59 Å². The van der Waals surface area contributed by atoms with Gasteiger partial charge in [-0.1, -0.05) is 19.9 Å². The summed E-state index contributed by atoms with van der Waals surface area (Å²) in [5.74, 6) is 0.407. The Labute approximate surface area is 112 Å². The van der Waals surface area contributed by atoms with Crippen LogP contribution in [0.2, 0.25) is 0 Å². The van der Waals surface area contributed by atoms with Crippen LogP contribution in [0.5, 0.6) is 0 Å². The van der Waals surface area contributed by atoms with Crippen molar-refractivity contribution in [1.82, 2.24) is 9.88 Å². The topological polar surface area (TPSA) is 62.3 Å². The average Bonchev–Trinajstić information content (AvgIpc) is 2.86. The molecule has 1 N–H and O–H groups in total. The molecule has 2 atom stereocenters. The van der Waals surface area contributed by atoms with Crippen molar-refractivity contribution < 1.29 is 9.59 Å². The van der Waals surface area contributed by atoms with E-state index >= 15 is 0 Å². The number of aromatic nitrogens is 1. The minimum Gasteiger partial charge on any atom is -0.373 e. The molecule has 100 valence electrons. The lowest BCUT2D eigenvalue weighted by Crippen LogP contribution is -2.35. The molecule has 19 heavy (non-hydrogen) atoms. The van der Waals surface area contributed by atoms with E-state index < -0.39 is 0 Å². The zero-order valence-corrected chi connectivity index (χ0v) is 11.3. The lowest BCUT2D eigenvalue weighted by molar-refractivity contribution is -0.143. The predicted octanol–water partition coefficient (Wildman–Crippen LogP) is 1.26. The minimum absolute atomic E-state index is 0.0362. The summed E-state index contributed by atoms with van der Waals surface area (Å²) in [4.78, 5) is 30.0. The number of carbonyl (C=O) groups is 2. The lowest BCUT2D eigenvalue weighted by Gasteiger charge is -2.21. The highest BCUT2D eigenvalue weighted by atomic mass is 16.2. The molecule has 1 aromatic rings. The highest BCUT2D eigenvalue weighted by Crippen LogP contribution is 2.63. The molecule has 5 heteroatoms. The van der Waals surface area contributed by atoms with Crippen molar-refractivity contribution in [2.75, 3.05) is 12.4 Å². The Hall–Kier alpha value is -1.91. The van der Waals surface area contributed by atoms with Crippen LogP contribution in [-0.4, -0.2) is 28.7 Å². The lowest BCUT2D eigenvalue weighted by atomic mass is 10.1. The first-order valence-corrected chi connectivity index (χ1v) is 6.45. The molecular formula is C14H17N3O2. The SMILES string of the molecule is CNc1ncccc1CN1C(=O)C2C(C1=O)C2(C)C. The van der Waals surface area contributed by atoms with Crippen LogP contribution in [0.3, 0.4) is 0 Å². The standard InChI is InChI=1S/C14H17N3O2/c1-14(2)9-10(14)13(19)17(12(9)18)7-8-5-4-6-16-11(8)15-3/h4-6,9-10H,7H2,1-3H3,(H,15,16). The maximum atomic E-state index is 12.2. The minimum atomic E-state index is -0.147. The van der Waals surface area contributed by atoms with Gasteiger partial charge in [-0.05, 0) is 11.5 Å². The molecule has 0 bridgehead atoms. The van der Waals surface area contributed by atoms with E-state index in [0.29, 0.717) is 12.4 Å². The van der Waals surface area contributed by atoms with Crippen molar-refractivity contribution >= 4 is 17.6 Å². The Morgan fingerprint density at radius 3 is 2.53 bits per heavy atom. The second kappa shape index (κ2) is 3.79. The zero-order chi connectivity index (χ0) is 13.8. The van der Waals surface area contributed by atoms with Crippen LogP contribution in [-0.2, 0) is 16.1 Å². The number of amides is 2. The number of hydrogen-bond donors (Lipinski definition) is 1. The van der Waals surface area contributed by atoms with Gasteiger partial charge in [0.05, 0.1) is 18.4 Å². The van der Waals surface area contributed by atoms with Gasteiger partial charge in [0.15, 0.2) is 0 Å². The first kappa shape index (κ1) is 12.1. The number of nitrogens with one attached hydrogen (secondary N) is 1. The summed E-state index contributed by atoms with van der Waals surface area (Å²) in [6, 6.07) is 3.69. The van der Waals surface area contributed by atoms with Crippen LogP contribution in [0.1, 0.15) is 19.4 Å². The van der Waals surface area contributed by atoms with Crippen molar-refractivity contribution in [3.63, 3.8) is 0 Å². The van der Waals surface area contributed by atoms with E-state index in [1.165, 1.54) is 4.90 Å². The Bertz CT molecular complexity index is 544. The molecule has 3 rings (SSSR count). The van der Waals surface area contributed by atoms with Crippen LogP contribution in [0, 0.1) is 17.3 Å². The molecule has 1 saturated carbocycles. The maximum Gasteiger partial charge on any atom is 0.233 e. The first-order chi connectivity index (χ1) is 8.98. The number of rotatable bonds is 3. The summed E-state index contributed by atoms with van der Waals surface area (Å²) < 4.78 is 0. The zero-order valence-electron chi connectivity index (χ0n) is 11.3. The molecule has 1 saturated heterocycles. The second-order valence-electron chi connectivity index (χ2n) is 5.80. The van der Waals surface area contributed by atoms with Gasteiger partial charge in [0, 0.05) is 18.8 Å². The molecule has 5 nitrogen and oxygen atoms in total. The number of hydrogen-bond acceptors (Lipinski definition) is 4. The maximum absolute atomic E-state index is 12.2. The number of carbonyl (C=O) groups excluding carboxylic acids is 2. The van der Waals surface area contributed by atoms with Crippen LogP contribution in [0.25, 0.3) is 0 Å². The summed E-state index contributed by atoms with van der Waals surface area (Å²) in [7, 11) is 1.78. The molecule has 2 aliphatic rings. The quantitative estimate of drug-likeness (QED) is 0.830. The summed E-state index contributed by atoms with van der Waals surface area (Å²) in [6.07, 6.45) is 1.68. The predicted molar refractivity (Wildman–Crippen MR) is 70.1 cm³/mol. The van der Waals surface area contributed by atoms with Gasteiger partial charge in [-0.3, -0.25) is 14.5 Å². The van der Waals surface area contributed by atoms with E-state index in [1.54, 1.807) is 13.2 Å². The number of piperidine rings is 1. The monoisotopic (exact) mass is 259 g/mol. The van der Waals surface area contributed by atoms with Gasteiger partial charge in [0.2, 0.25) is 11.8 Å². The van der Waals surface area contributed by atoms with Gasteiger partial charge in [-0.25, -0.2) is 4.98 Å². The fraction of sp³-hybridized carbons (Fsp3) is 0.500. The molecule has 0 spiro atoms. The Balaban J connectivity index is 1.83. The second-order valence-corrected chi connectivity index (χ2v) is 5.80. The Kier molecular flexibility index (Phi) is 2.42. The Morgan fingerprint density at radius 2 is 1.95 bits per heavy atom. The molecule has 1 aliphatic carbocycles. The molecule has 2 heterocycles. The van der Waals surface area contributed by atoms with Crippen molar-refractivity contribution in [3.05, 3.63) is 23.9 Å². The number of likely N-dealkylation sites (tertiary alicyclic amines) is 1. The fourth-order valence-corrected chi connectivity index (χ4v) is 3.12. The molecular weight excluding hydrogens is 242 g/mol. The molecule has 0 aromatic carbocycles. The van der Waals surface area contributed by atoms with E-state index in [1.807, 2.05) is 26.0 Å². The van der Waals surface area contributed by atoms with Crippen molar-refractivity contribution in [3.8, 4) is 0 Å². The molecule has 2 unspecified atom stereocenters. The third kappa shape index (κ3) is 1.57. The molecule has 1 aromatic heterocycles. The van der Waals surface area contributed by atoms with Crippen LogP contribution in [0.4, 0.5) is 5.82 Å². The molecule has 1 aliphatic heterocycles. The fourth-order valence-electron chi connectivity index (χ4n) is 3.12. The number of pyridine rings is 1. The van der Waals surface area contributed by atoms with Gasteiger partial charge in [-0.2, -0.15) is 0 Å². The Morgan fingerprint density at radius 1 is 1.32 bits per heavy atom. The van der Waals surface area contributed by atoms with E-state index in [0.717, 1.165) is 5.56 Å². The van der Waals surface area contributed by atoms with Gasteiger partial charge in [0.1, 0.15) is 5.82 Å². The number of anilines is 1. The van der Waals surface area contributed by atoms with Crippen molar-refractivity contribution in [1.29, 1.82) is 0 Å². The number of nitrogens with zero attached hydrogens (tertiary/aromatic N) is 2. The normalized spacial score (nSPS) is 27.4. The molecule has 2 fully saturated rings. The molecule has 2 amide bonds. The van der Waals surface area contributed by atoms with Gasteiger partial charge in [0.25, 0.3) is 0 Å². The largest absolute Gasteiger partial charge is 0.373 e. The number of imide groups is 1. The van der Waals surface area contributed by atoms with Crippen LogP contribution in [0.15, 0.2) is 18.3 Å². The summed E-state index contributed by atoms with van der Waals surface area (Å²) in [6.45, 7) is 4.28. The van der Waals surface area contributed by atoms with Gasteiger partial charge < -0.3 is 5.32 Å². The molecule has 0 radical (unpaired) electrons. The number of fused-ring (bicyclic) bond motifs is 1. The third-order valence-corrected chi connectivity index (χ3v) is 4.35. The average molecular weight is 259 g/mol.